The third kappa shape index (κ3) is 3.56. The summed E-state index contributed by atoms with van der Waals surface area (Å²) in [5.74, 6) is -0.0173. The molecule has 1 saturated heterocycles. The molecule has 0 spiro atoms. The molecule has 1 fully saturated rings. The maximum Gasteiger partial charge on any atom is 0.252 e. The molecule has 1 aliphatic carbocycles. The molecule has 2 heterocycles. The summed E-state index contributed by atoms with van der Waals surface area (Å²) in [6.07, 6.45) is 6.16. The normalized spacial score (nSPS) is 19.6. The van der Waals surface area contributed by atoms with Crippen LogP contribution in [0.1, 0.15) is 46.4 Å². The zero-order valence-electron chi connectivity index (χ0n) is 16.4. The molecule has 1 aromatic heterocycles. The van der Waals surface area contributed by atoms with Gasteiger partial charge in [0.05, 0.1) is 22.9 Å². The lowest BCUT2D eigenvalue weighted by atomic mass is 10.00. The van der Waals surface area contributed by atoms with E-state index in [-0.39, 0.29) is 12.0 Å². The summed E-state index contributed by atoms with van der Waals surface area (Å²) in [6.45, 7) is 1.36. The van der Waals surface area contributed by atoms with E-state index in [1.54, 1.807) is 0 Å². The molecule has 4 heteroatoms. The number of carbonyl (C=O) groups is 1. The second-order valence-electron chi connectivity index (χ2n) is 7.76. The van der Waals surface area contributed by atoms with Crippen molar-refractivity contribution < 1.29 is 9.53 Å². The first-order valence-electron chi connectivity index (χ1n) is 10.4. The molecule has 0 bridgehead atoms. The molecule has 1 unspecified atom stereocenters. The minimum Gasteiger partial charge on any atom is -0.376 e. The van der Waals surface area contributed by atoms with Crippen molar-refractivity contribution in [3.63, 3.8) is 0 Å². The molecule has 146 valence electrons. The first kappa shape index (κ1) is 18.1. The van der Waals surface area contributed by atoms with E-state index < -0.39 is 0 Å². The van der Waals surface area contributed by atoms with Crippen LogP contribution < -0.4 is 5.32 Å². The Bertz CT molecular complexity index is 1080. The number of benzene rings is 2. The van der Waals surface area contributed by atoms with Gasteiger partial charge >= 0.3 is 0 Å². The van der Waals surface area contributed by atoms with E-state index in [1.165, 1.54) is 5.57 Å². The number of carbonyl (C=O) groups excluding carboxylic acids is 1. The van der Waals surface area contributed by atoms with Gasteiger partial charge in [-0.15, -0.1) is 0 Å². The van der Waals surface area contributed by atoms with Crippen LogP contribution in [0.2, 0.25) is 0 Å². The first-order chi connectivity index (χ1) is 14.3. The fourth-order valence-corrected chi connectivity index (χ4v) is 4.39. The van der Waals surface area contributed by atoms with E-state index in [1.807, 2.05) is 42.5 Å². The summed E-state index contributed by atoms with van der Waals surface area (Å²) in [5, 5.41) is 4.04. The molecule has 5 rings (SSSR count). The van der Waals surface area contributed by atoms with Gasteiger partial charge in [-0.2, -0.15) is 0 Å². The molecule has 4 nitrogen and oxygen atoms in total. The van der Waals surface area contributed by atoms with Gasteiger partial charge < -0.3 is 10.1 Å². The van der Waals surface area contributed by atoms with Crippen molar-refractivity contribution in [2.45, 2.75) is 31.8 Å². The van der Waals surface area contributed by atoms with Gasteiger partial charge in [-0.25, -0.2) is 4.98 Å². The van der Waals surface area contributed by atoms with Crippen LogP contribution in [0.25, 0.3) is 22.6 Å². The van der Waals surface area contributed by atoms with Crippen molar-refractivity contribution >= 4 is 28.5 Å². The predicted molar refractivity (Wildman–Crippen MR) is 116 cm³/mol. The summed E-state index contributed by atoms with van der Waals surface area (Å²) < 4.78 is 5.67. The van der Waals surface area contributed by atoms with Crippen LogP contribution in [0.3, 0.4) is 0 Å². The van der Waals surface area contributed by atoms with Gasteiger partial charge in [-0.3, -0.25) is 4.79 Å². The topological polar surface area (TPSA) is 51.2 Å². The number of aromatic nitrogens is 1. The lowest BCUT2D eigenvalue weighted by Crippen LogP contribution is -2.32. The Hall–Kier alpha value is -2.98. The highest BCUT2D eigenvalue weighted by molar-refractivity contribution is 6.09. The molecular weight excluding hydrogens is 360 g/mol. The van der Waals surface area contributed by atoms with Crippen LogP contribution >= 0.6 is 0 Å². The second kappa shape index (κ2) is 7.80. The number of nitrogens with one attached hydrogen (secondary N) is 1. The Morgan fingerprint density at radius 2 is 1.93 bits per heavy atom. The van der Waals surface area contributed by atoms with Crippen LogP contribution in [-0.4, -0.2) is 30.1 Å². The van der Waals surface area contributed by atoms with E-state index in [2.05, 4.69) is 23.5 Å². The Balaban J connectivity index is 1.55. The average Bonchev–Trinajstić information content (AvgIpc) is 3.41. The molecule has 1 aliphatic heterocycles. The van der Waals surface area contributed by atoms with Crippen molar-refractivity contribution in [1.82, 2.24) is 10.3 Å². The largest absolute Gasteiger partial charge is 0.376 e. The Morgan fingerprint density at radius 1 is 1.10 bits per heavy atom. The first-order valence-corrected chi connectivity index (χ1v) is 10.4. The highest BCUT2D eigenvalue weighted by Gasteiger charge is 2.27. The molecule has 3 aromatic rings. The van der Waals surface area contributed by atoms with Crippen LogP contribution in [-0.2, 0) is 11.2 Å². The van der Waals surface area contributed by atoms with Gasteiger partial charge in [0.1, 0.15) is 0 Å². The number of pyridine rings is 1. The molecule has 2 aliphatic rings. The van der Waals surface area contributed by atoms with Crippen molar-refractivity contribution in [2.75, 3.05) is 13.2 Å². The molecule has 1 atom stereocenters. The van der Waals surface area contributed by atoms with Gasteiger partial charge in [0, 0.05) is 18.5 Å². The lowest BCUT2D eigenvalue weighted by molar-refractivity contribution is 0.0858. The Labute approximate surface area is 170 Å². The predicted octanol–water partition coefficient (Wildman–Crippen LogP) is 4.63. The van der Waals surface area contributed by atoms with Crippen LogP contribution in [0.4, 0.5) is 0 Å². The molecule has 2 aromatic carbocycles. The highest BCUT2D eigenvalue weighted by atomic mass is 16.5. The second-order valence-corrected chi connectivity index (χ2v) is 7.76. The average molecular weight is 384 g/mol. The van der Waals surface area contributed by atoms with E-state index in [0.29, 0.717) is 6.54 Å². The van der Waals surface area contributed by atoms with Crippen molar-refractivity contribution in [3.05, 3.63) is 77.0 Å². The summed E-state index contributed by atoms with van der Waals surface area (Å²) in [4.78, 5) is 18.2. The smallest absolute Gasteiger partial charge is 0.252 e. The standard InChI is InChI=1S/C25H24N2O2/c28-25(26-16-19-9-6-14-29-19)23-20-10-4-5-11-22(20)27-24-18(12-13-21(23)24)15-17-7-2-1-3-8-17/h1-5,7-8,10-11,15,19H,6,9,12-14,16H2,(H,26,28)/b18-15+. The Morgan fingerprint density at radius 3 is 2.76 bits per heavy atom. The van der Waals surface area contributed by atoms with E-state index >= 15 is 0 Å². The van der Waals surface area contributed by atoms with Crippen LogP contribution in [0, 0.1) is 0 Å². The monoisotopic (exact) mass is 384 g/mol. The number of nitrogens with zero attached hydrogens (tertiary/aromatic N) is 1. The van der Waals surface area contributed by atoms with Gasteiger partial charge in [-0.05, 0) is 54.5 Å². The van der Waals surface area contributed by atoms with Crippen LogP contribution in [0.15, 0.2) is 54.6 Å². The summed E-state index contributed by atoms with van der Waals surface area (Å²) >= 11 is 0. The number of hydrogen-bond acceptors (Lipinski definition) is 3. The van der Waals surface area contributed by atoms with Gasteiger partial charge in [0.25, 0.3) is 5.91 Å². The molecule has 0 radical (unpaired) electrons. The fourth-order valence-electron chi connectivity index (χ4n) is 4.39. The minimum atomic E-state index is -0.0173. The number of hydrogen-bond donors (Lipinski definition) is 1. The zero-order chi connectivity index (χ0) is 19.6. The Kier molecular flexibility index (Phi) is 4.86. The number of amides is 1. The molecule has 0 saturated carbocycles. The summed E-state index contributed by atoms with van der Waals surface area (Å²) in [5.41, 5.74) is 6.04. The van der Waals surface area contributed by atoms with E-state index in [4.69, 9.17) is 9.72 Å². The number of para-hydroxylation sites is 1. The number of rotatable bonds is 4. The maximum absolute atomic E-state index is 13.2. The van der Waals surface area contributed by atoms with Crippen molar-refractivity contribution in [2.24, 2.45) is 0 Å². The van der Waals surface area contributed by atoms with Crippen molar-refractivity contribution in [3.8, 4) is 0 Å². The number of ether oxygens (including phenoxy) is 1. The van der Waals surface area contributed by atoms with Gasteiger partial charge in [0.2, 0.25) is 0 Å². The SMILES string of the molecule is O=C(NCC1CCCO1)c1c2c(nc3ccccc13)/C(=C/c1ccccc1)CC2. The van der Waals surface area contributed by atoms with Gasteiger partial charge in [0.15, 0.2) is 0 Å². The summed E-state index contributed by atoms with van der Waals surface area (Å²) in [7, 11) is 0. The minimum absolute atomic E-state index is 0.0173. The highest BCUT2D eigenvalue weighted by Crippen LogP contribution is 2.37. The molecule has 1 N–H and O–H groups in total. The van der Waals surface area contributed by atoms with E-state index in [9.17, 15) is 4.79 Å². The van der Waals surface area contributed by atoms with Gasteiger partial charge in [-0.1, -0.05) is 48.5 Å². The number of fused-ring (bicyclic) bond motifs is 2. The zero-order valence-corrected chi connectivity index (χ0v) is 16.4. The number of allylic oxidation sites excluding steroid dienone is 1. The van der Waals surface area contributed by atoms with Crippen LogP contribution in [0.5, 0.6) is 0 Å². The quantitative estimate of drug-likeness (QED) is 0.713. The van der Waals surface area contributed by atoms with Crippen molar-refractivity contribution in [1.29, 1.82) is 0 Å². The lowest BCUT2D eigenvalue weighted by Gasteiger charge is -2.15. The fraction of sp³-hybridized carbons (Fsp3) is 0.280. The van der Waals surface area contributed by atoms with E-state index in [0.717, 1.165) is 65.6 Å². The molecule has 1 amide bonds. The summed E-state index contributed by atoms with van der Waals surface area (Å²) in [6, 6.07) is 18.2. The molecule has 29 heavy (non-hydrogen) atoms. The third-order valence-electron chi connectivity index (χ3n) is 5.82. The third-order valence-corrected chi connectivity index (χ3v) is 5.82. The molecular formula is C25H24N2O2. The maximum atomic E-state index is 13.2.